The number of furan rings is 1. The van der Waals surface area contributed by atoms with Crippen molar-refractivity contribution in [2.75, 3.05) is 40.8 Å². The maximum atomic E-state index is 14.2. The highest BCUT2D eigenvalue weighted by atomic mass is 32.1. The van der Waals surface area contributed by atoms with Gasteiger partial charge in [0.25, 0.3) is 0 Å². The van der Waals surface area contributed by atoms with Crippen LogP contribution in [0.15, 0.2) is 22.8 Å². The van der Waals surface area contributed by atoms with Crippen molar-refractivity contribution >= 4 is 23.3 Å². The van der Waals surface area contributed by atoms with Crippen molar-refractivity contribution in [1.29, 1.82) is 0 Å². The lowest BCUT2D eigenvalue weighted by Crippen LogP contribution is -2.60. The Kier molecular flexibility index (Phi) is 19.3. The normalized spacial score (nSPS) is 42.8. The molecule has 0 amide bonds. The van der Waals surface area contributed by atoms with Gasteiger partial charge in [0.1, 0.15) is 29.7 Å². The molecule has 4 rings (SSSR count). The van der Waals surface area contributed by atoms with Gasteiger partial charge < -0.3 is 64.4 Å². The van der Waals surface area contributed by atoms with E-state index < -0.39 is 83.4 Å². The number of aliphatic hydroxyl groups is 5. The average Bonchev–Trinajstić information content (AvgIpc) is 3.75. The van der Waals surface area contributed by atoms with Crippen LogP contribution in [0, 0.1) is 29.6 Å². The number of thiocarbonyl (C=S) groups is 1. The Morgan fingerprint density at radius 1 is 1.00 bits per heavy atom. The fourth-order valence-electron chi connectivity index (χ4n) is 10.9. The van der Waals surface area contributed by atoms with Crippen LogP contribution in [0.5, 0.6) is 0 Å². The highest BCUT2D eigenvalue weighted by molar-refractivity contribution is 7.80. The zero-order valence-electron chi connectivity index (χ0n) is 40.5. The average molecular weight is 913 g/mol. The number of nitrogens with one attached hydrogen (secondary N) is 2. The van der Waals surface area contributed by atoms with Gasteiger partial charge in [-0.25, -0.2) is 0 Å². The van der Waals surface area contributed by atoms with Crippen LogP contribution in [-0.2, 0) is 30.3 Å². The molecule has 18 atom stereocenters. The minimum absolute atomic E-state index is 0.113. The molecule has 3 aliphatic heterocycles. The molecule has 4 heterocycles. The van der Waals surface area contributed by atoms with Gasteiger partial charge in [0, 0.05) is 51.7 Å². The Labute approximate surface area is 382 Å². The summed E-state index contributed by atoms with van der Waals surface area (Å²) in [5, 5.41) is 67.9. The number of nitrogens with zero attached hydrogens (tertiary/aromatic N) is 2. The summed E-state index contributed by atoms with van der Waals surface area (Å²) in [4.78, 5) is 18.3. The lowest BCUT2D eigenvalue weighted by atomic mass is 9.63. The van der Waals surface area contributed by atoms with E-state index in [0.29, 0.717) is 50.6 Å². The first-order chi connectivity index (χ1) is 29.4. The maximum Gasteiger partial charge on any atom is 0.309 e. The summed E-state index contributed by atoms with van der Waals surface area (Å²) in [7, 11) is 5.48. The van der Waals surface area contributed by atoms with Gasteiger partial charge in [-0.3, -0.25) is 9.69 Å². The van der Waals surface area contributed by atoms with E-state index in [1.165, 1.54) is 6.92 Å². The SMILES string of the molecule is CC[C@@H]1OC(=O)[C@H](C)[C@H](C)[C@@H](C)[C@H](C[C@@H]2C[C@@](C)(OC)[C@H](O)[C@H](C)O2)[C@@](O)(C[C@@H]2O[C@H](C)C[C@H](N(C)C)[C@@H]2O)C[C@H](C)CN(CCNC(=S)NCc2ccco2)[C@H](C)[C@@H](O)[C@]1(C)O. The van der Waals surface area contributed by atoms with Crippen molar-refractivity contribution in [1.82, 2.24) is 20.4 Å². The predicted octanol–water partition coefficient (Wildman–Crippen LogP) is 3.86. The van der Waals surface area contributed by atoms with Crippen LogP contribution in [0.1, 0.15) is 114 Å². The fraction of sp³-hybridized carbons (Fsp3) is 0.872. The van der Waals surface area contributed by atoms with E-state index in [9.17, 15) is 30.3 Å². The number of carbonyl (C=O) groups excluding carboxylic acids is 1. The van der Waals surface area contributed by atoms with E-state index in [0.717, 1.165) is 5.76 Å². The number of esters is 1. The van der Waals surface area contributed by atoms with Crippen LogP contribution in [0.3, 0.4) is 0 Å². The fourth-order valence-corrected chi connectivity index (χ4v) is 11.1. The molecule has 15 nitrogen and oxygen atoms in total. The van der Waals surface area contributed by atoms with E-state index in [-0.39, 0.29) is 49.2 Å². The molecule has 3 aliphatic rings. The van der Waals surface area contributed by atoms with Crippen LogP contribution in [0.25, 0.3) is 0 Å². The smallest absolute Gasteiger partial charge is 0.309 e. The van der Waals surface area contributed by atoms with Crippen molar-refractivity contribution in [2.45, 2.75) is 192 Å². The second kappa shape index (κ2) is 22.7. The van der Waals surface area contributed by atoms with E-state index in [1.807, 2.05) is 79.6 Å². The Morgan fingerprint density at radius 2 is 1.68 bits per heavy atom. The standard InChI is InChI=1S/C47H84N4O11S/c1-14-39-46(10,56)41(53)32(7)51(18-17-48-44(63)49-25-34-16-15-19-59-34)26-27(2)22-47(57,24-38-40(52)37(50(11)12)20-28(3)60-38)36(30(5)29(4)31(6)43(55)62-39)21-35-23-45(9,58-13)42(54)33(8)61-35/h15-16,19,27-33,35-42,52-54,56-57H,14,17-18,20-26H2,1-13H3,(H2,48,49,63)/t27-,28+,29+,30+,31+,32+,33-,35+,36-,37-,38-,39-,40-,41+,42+,45+,46+,47-/m0/s1. The topological polar surface area (TPSA) is 199 Å². The molecule has 0 aromatic carbocycles. The third-order valence-corrected chi connectivity index (χ3v) is 15.5. The summed E-state index contributed by atoms with van der Waals surface area (Å²) < 4.78 is 30.6. The van der Waals surface area contributed by atoms with Crippen molar-refractivity contribution in [3.8, 4) is 0 Å². The molecular formula is C47H84N4O11S. The number of carbonyl (C=O) groups is 1. The van der Waals surface area contributed by atoms with Gasteiger partial charge in [0.15, 0.2) is 5.11 Å². The second-order valence-corrected chi connectivity index (χ2v) is 20.7. The molecule has 0 unspecified atom stereocenters. The first-order valence-corrected chi connectivity index (χ1v) is 23.8. The first-order valence-electron chi connectivity index (χ1n) is 23.4. The third-order valence-electron chi connectivity index (χ3n) is 15.2. The molecule has 0 bridgehead atoms. The summed E-state index contributed by atoms with van der Waals surface area (Å²) in [5.74, 6) is -1.78. The molecule has 0 saturated carbocycles. The summed E-state index contributed by atoms with van der Waals surface area (Å²) in [6.45, 7) is 20.5. The molecule has 3 fully saturated rings. The number of hydrogen-bond acceptors (Lipinski definition) is 14. The predicted molar refractivity (Wildman–Crippen MR) is 246 cm³/mol. The van der Waals surface area contributed by atoms with Crippen LogP contribution in [0.4, 0.5) is 0 Å². The number of hydrogen-bond donors (Lipinski definition) is 7. The lowest BCUT2D eigenvalue weighted by Gasteiger charge is -2.51. The number of ether oxygens (including phenoxy) is 4. The molecule has 0 spiro atoms. The van der Waals surface area contributed by atoms with E-state index in [2.05, 4.69) is 29.4 Å². The minimum atomic E-state index is -1.81. The molecule has 7 N–H and O–H groups in total. The molecule has 364 valence electrons. The minimum Gasteiger partial charge on any atom is -0.467 e. The first kappa shape index (κ1) is 53.7. The lowest BCUT2D eigenvalue weighted by molar-refractivity contribution is -0.226. The summed E-state index contributed by atoms with van der Waals surface area (Å²) >= 11 is 5.58. The molecule has 1 aromatic heterocycles. The Morgan fingerprint density at radius 3 is 2.29 bits per heavy atom. The molecule has 63 heavy (non-hydrogen) atoms. The second-order valence-electron chi connectivity index (χ2n) is 20.3. The summed E-state index contributed by atoms with van der Waals surface area (Å²) in [6, 6.07) is 2.84. The molecular weight excluding hydrogens is 829 g/mol. The Hall–Kier alpha value is -1.96. The molecule has 0 radical (unpaired) electrons. The maximum absolute atomic E-state index is 14.2. The van der Waals surface area contributed by atoms with E-state index >= 15 is 0 Å². The number of cyclic esters (lactones) is 1. The van der Waals surface area contributed by atoms with Gasteiger partial charge in [-0.15, -0.1) is 0 Å². The van der Waals surface area contributed by atoms with Gasteiger partial charge in [0.05, 0.1) is 60.4 Å². The van der Waals surface area contributed by atoms with Gasteiger partial charge in [-0.1, -0.05) is 34.6 Å². The van der Waals surface area contributed by atoms with Crippen LogP contribution in [-0.4, -0.2) is 165 Å². The highest BCUT2D eigenvalue weighted by Gasteiger charge is 2.53. The highest BCUT2D eigenvalue weighted by Crippen LogP contribution is 2.47. The van der Waals surface area contributed by atoms with Crippen LogP contribution < -0.4 is 10.6 Å². The van der Waals surface area contributed by atoms with Gasteiger partial charge in [-0.2, -0.15) is 0 Å². The number of aliphatic hydroxyl groups excluding tert-OH is 3. The zero-order chi connectivity index (χ0) is 47.2. The van der Waals surface area contributed by atoms with E-state index in [4.69, 9.17) is 35.6 Å². The molecule has 0 aliphatic carbocycles. The van der Waals surface area contributed by atoms with Crippen molar-refractivity contribution < 1.29 is 53.7 Å². The summed E-state index contributed by atoms with van der Waals surface area (Å²) in [6.07, 6.45) is -2.29. The van der Waals surface area contributed by atoms with Gasteiger partial charge in [-0.05, 0) is 122 Å². The number of rotatable bonds is 12. The third kappa shape index (κ3) is 13.1. The molecule has 16 heteroatoms. The quantitative estimate of drug-likeness (QED) is 0.118. The van der Waals surface area contributed by atoms with Crippen LogP contribution in [0.2, 0.25) is 0 Å². The van der Waals surface area contributed by atoms with Crippen LogP contribution >= 0.6 is 12.2 Å². The number of methoxy groups -OCH3 is 1. The van der Waals surface area contributed by atoms with E-state index in [1.54, 1.807) is 13.4 Å². The number of likely N-dealkylation sites (N-methyl/N-ethyl adjacent to an activating group) is 1. The Bertz CT molecular complexity index is 1570. The Balaban J connectivity index is 1.81. The molecule has 3 saturated heterocycles. The summed E-state index contributed by atoms with van der Waals surface area (Å²) in [5.41, 5.74) is -4.19. The van der Waals surface area contributed by atoms with Gasteiger partial charge in [0.2, 0.25) is 0 Å². The zero-order valence-corrected chi connectivity index (χ0v) is 41.3. The monoisotopic (exact) mass is 913 g/mol. The van der Waals surface area contributed by atoms with Crippen molar-refractivity contribution in [3.05, 3.63) is 24.2 Å². The van der Waals surface area contributed by atoms with Crippen molar-refractivity contribution in [3.63, 3.8) is 0 Å². The molecule has 1 aromatic rings. The van der Waals surface area contributed by atoms with Gasteiger partial charge >= 0.3 is 5.97 Å². The largest absolute Gasteiger partial charge is 0.467 e. The van der Waals surface area contributed by atoms with Crippen molar-refractivity contribution in [2.24, 2.45) is 29.6 Å².